The Morgan fingerprint density at radius 2 is 2.27 bits per heavy atom. The number of alkyl halides is 2. The summed E-state index contributed by atoms with van der Waals surface area (Å²) in [7, 11) is 0. The average molecular weight is 343 g/mol. The third-order valence-corrected chi connectivity index (χ3v) is 5.05. The number of nitrogens with zero attached hydrogens (tertiary/aromatic N) is 1. The Bertz CT molecular complexity index is 748. The van der Waals surface area contributed by atoms with E-state index >= 15 is 0 Å². The van der Waals surface area contributed by atoms with Gasteiger partial charge in [-0.3, -0.25) is 4.79 Å². The number of fused-ring (bicyclic) bond motifs is 1. The fourth-order valence-corrected chi connectivity index (χ4v) is 3.70. The van der Waals surface area contributed by atoms with Gasteiger partial charge in [0.2, 0.25) is 0 Å². The lowest BCUT2D eigenvalue weighted by atomic mass is 9.89. The fourth-order valence-electron chi connectivity index (χ4n) is 2.55. The maximum Gasteiger partial charge on any atom is 0.272 e. The minimum atomic E-state index is -1.19. The van der Waals surface area contributed by atoms with E-state index in [-0.39, 0.29) is 17.5 Å². The number of aromatic nitrogens is 1. The van der Waals surface area contributed by atoms with Gasteiger partial charge in [0.25, 0.3) is 5.91 Å². The molecule has 0 saturated heterocycles. The van der Waals surface area contributed by atoms with E-state index in [2.05, 4.69) is 16.3 Å². The largest absolute Gasteiger partial charge is 0.346 e. The molecule has 2 aromatic rings. The van der Waals surface area contributed by atoms with Crippen LogP contribution in [0.15, 0.2) is 30.4 Å². The molecule has 0 bridgehead atoms. The lowest BCUT2D eigenvalue weighted by Crippen LogP contribution is -2.46. The fraction of sp³-hybridized carbons (Fsp3) is 0.333. The molecule has 1 aromatic carbocycles. The highest BCUT2D eigenvalue weighted by Gasteiger charge is 2.33. The van der Waals surface area contributed by atoms with Crippen LogP contribution in [0.5, 0.6) is 0 Å². The van der Waals surface area contributed by atoms with Crippen molar-refractivity contribution in [2.24, 2.45) is 0 Å². The lowest BCUT2D eigenvalue weighted by Gasteiger charge is -2.31. The van der Waals surface area contributed by atoms with E-state index in [9.17, 15) is 13.6 Å². The Kier molecular flexibility index (Phi) is 4.14. The van der Waals surface area contributed by atoms with Gasteiger partial charge in [0.1, 0.15) is 12.0 Å². The van der Waals surface area contributed by atoms with Gasteiger partial charge in [0, 0.05) is 12.5 Å². The molecule has 7 heteroatoms. The van der Waals surface area contributed by atoms with Crippen molar-refractivity contribution < 1.29 is 13.6 Å². The van der Waals surface area contributed by atoms with Crippen molar-refractivity contribution in [2.75, 3.05) is 0 Å². The quantitative estimate of drug-likeness (QED) is 0.665. The van der Waals surface area contributed by atoms with Crippen LogP contribution < -0.4 is 5.32 Å². The van der Waals surface area contributed by atoms with Crippen LogP contribution in [0.1, 0.15) is 23.3 Å². The van der Waals surface area contributed by atoms with Gasteiger partial charge in [-0.2, -0.15) is 4.37 Å². The zero-order chi connectivity index (χ0) is 15.9. The van der Waals surface area contributed by atoms with Crippen molar-refractivity contribution in [1.29, 1.82) is 0 Å². The number of halogens is 3. The van der Waals surface area contributed by atoms with Crippen LogP contribution in [0, 0.1) is 5.82 Å². The second-order valence-corrected chi connectivity index (χ2v) is 6.67. The number of hydrogen-bond acceptors (Lipinski definition) is 3. The Balaban J connectivity index is 1.83. The molecule has 1 fully saturated rings. The molecular formula is C15H13ClF2N2OS. The first-order valence-electron chi connectivity index (χ1n) is 6.78. The number of nitrogens with one attached hydrogen (secondary N) is 1. The van der Waals surface area contributed by atoms with Crippen molar-refractivity contribution in [2.45, 2.75) is 30.4 Å². The van der Waals surface area contributed by atoms with Crippen LogP contribution in [0.3, 0.4) is 0 Å². The van der Waals surface area contributed by atoms with Gasteiger partial charge < -0.3 is 5.32 Å². The second kappa shape index (κ2) is 5.93. The van der Waals surface area contributed by atoms with Gasteiger partial charge in [-0.05, 0) is 35.7 Å². The molecule has 22 heavy (non-hydrogen) atoms. The molecular weight excluding hydrogens is 330 g/mol. The zero-order valence-electron chi connectivity index (χ0n) is 11.5. The smallest absolute Gasteiger partial charge is 0.272 e. The summed E-state index contributed by atoms with van der Waals surface area (Å²) in [4.78, 5) is 12.3. The molecule has 1 aromatic heterocycles. The van der Waals surface area contributed by atoms with Gasteiger partial charge in [-0.1, -0.05) is 12.6 Å². The third kappa shape index (κ3) is 2.73. The average Bonchev–Trinajstić information content (AvgIpc) is 2.90. The Morgan fingerprint density at radius 1 is 1.50 bits per heavy atom. The normalized spacial score (nSPS) is 25.4. The summed E-state index contributed by atoms with van der Waals surface area (Å²) in [5.41, 5.74) is 0.456. The Labute approximate surface area is 135 Å². The molecule has 3 unspecified atom stereocenters. The van der Waals surface area contributed by atoms with Crippen LogP contribution in [-0.2, 0) is 0 Å². The van der Waals surface area contributed by atoms with E-state index in [1.165, 1.54) is 6.07 Å². The first kappa shape index (κ1) is 15.4. The van der Waals surface area contributed by atoms with Crippen LogP contribution in [0.4, 0.5) is 8.78 Å². The molecule has 1 aliphatic carbocycles. The molecule has 3 rings (SSSR count). The molecule has 0 spiro atoms. The van der Waals surface area contributed by atoms with Crippen molar-refractivity contribution >= 4 is 39.1 Å². The third-order valence-electron chi connectivity index (χ3n) is 3.78. The first-order chi connectivity index (χ1) is 10.5. The number of amides is 1. The predicted octanol–water partition coefficient (Wildman–Crippen LogP) is 3.83. The minimum Gasteiger partial charge on any atom is -0.346 e. The minimum absolute atomic E-state index is 0.0155. The molecule has 1 amide bonds. The Hall–Kier alpha value is -1.53. The van der Waals surface area contributed by atoms with Gasteiger partial charge in [-0.15, -0.1) is 11.6 Å². The van der Waals surface area contributed by atoms with Crippen LogP contribution in [0.2, 0.25) is 0 Å². The number of carbonyl (C=O) groups is 1. The zero-order valence-corrected chi connectivity index (χ0v) is 13.1. The Morgan fingerprint density at radius 3 is 3.05 bits per heavy atom. The first-order valence-corrected chi connectivity index (χ1v) is 7.99. The summed E-state index contributed by atoms with van der Waals surface area (Å²) in [5, 5.41) is 2.42. The van der Waals surface area contributed by atoms with Crippen LogP contribution in [0.25, 0.3) is 10.1 Å². The van der Waals surface area contributed by atoms with E-state index in [1.54, 1.807) is 12.1 Å². The molecule has 1 saturated carbocycles. The molecule has 0 aliphatic heterocycles. The van der Waals surface area contributed by atoms with Crippen molar-refractivity contribution in [1.82, 2.24) is 9.69 Å². The summed E-state index contributed by atoms with van der Waals surface area (Å²) in [6, 6.07) is 4.00. The highest BCUT2D eigenvalue weighted by Crippen LogP contribution is 2.30. The summed E-state index contributed by atoms with van der Waals surface area (Å²) in [5.74, 6) is -1.04. The molecule has 3 atom stereocenters. The second-order valence-electron chi connectivity index (χ2n) is 5.31. The summed E-state index contributed by atoms with van der Waals surface area (Å²) < 4.78 is 32.2. The van der Waals surface area contributed by atoms with Crippen molar-refractivity contribution in [3.8, 4) is 0 Å². The number of carbonyl (C=O) groups excluding carboxylic acids is 1. The number of benzene rings is 1. The highest BCUT2D eigenvalue weighted by atomic mass is 35.5. The van der Waals surface area contributed by atoms with Crippen molar-refractivity contribution in [3.05, 3.63) is 41.9 Å². The predicted molar refractivity (Wildman–Crippen MR) is 83.7 cm³/mol. The van der Waals surface area contributed by atoms with E-state index < -0.39 is 29.3 Å². The number of hydrogen-bond donors (Lipinski definition) is 1. The maximum absolute atomic E-state index is 13.9. The van der Waals surface area contributed by atoms with Gasteiger partial charge in [-0.25, -0.2) is 8.78 Å². The summed E-state index contributed by atoms with van der Waals surface area (Å²) in [6.07, 6.45) is -0.812. The van der Waals surface area contributed by atoms with E-state index in [0.717, 1.165) is 11.5 Å². The molecule has 3 nitrogen and oxygen atoms in total. The van der Waals surface area contributed by atoms with E-state index in [4.69, 9.17) is 11.6 Å². The number of allylic oxidation sites excluding steroid dienone is 1. The van der Waals surface area contributed by atoms with Gasteiger partial charge >= 0.3 is 0 Å². The molecule has 1 N–H and O–H groups in total. The molecule has 1 heterocycles. The van der Waals surface area contributed by atoms with Gasteiger partial charge in [0.15, 0.2) is 5.69 Å². The van der Waals surface area contributed by atoms with Crippen LogP contribution in [-0.4, -0.2) is 27.9 Å². The van der Waals surface area contributed by atoms with Crippen molar-refractivity contribution in [3.63, 3.8) is 0 Å². The lowest BCUT2D eigenvalue weighted by molar-refractivity contribution is 0.0921. The topological polar surface area (TPSA) is 42.0 Å². The van der Waals surface area contributed by atoms with E-state index in [0.29, 0.717) is 16.7 Å². The SMILES string of the molecule is C=C1CC(Cl)C(NC(=O)c2nsc3cccc(F)c23)CC1F. The number of rotatable bonds is 2. The molecule has 1 aliphatic rings. The van der Waals surface area contributed by atoms with E-state index in [1.807, 2.05) is 0 Å². The summed E-state index contributed by atoms with van der Waals surface area (Å²) in [6.45, 7) is 3.63. The van der Waals surface area contributed by atoms with Gasteiger partial charge in [0.05, 0.1) is 15.5 Å². The molecule has 0 radical (unpaired) electrons. The summed E-state index contributed by atoms with van der Waals surface area (Å²) >= 11 is 7.21. The highest BCUT2D eigenvalue weighted by molar-refractivity contribution is 7.13. The van der Waals surface area contributed by atoms with Crippen LogP contribution >= 0.6 is 23.1 Å². The monoisotopic (exact) mass is 342 g/mol. The maximum atomic E-state index is 13.9. The molecule has 116 valence electrons. The standard InChI is InChI=1S/C15H13ClF2N2OS/c1-7-5-8(16)11(6-10(7)18)19-15(21)14-13-9(17)3-2-4-12(13)22-20-14/h2-4,8,10-11H,1,5-6H2,(H,19,21).